The minimum atomic E-state index is -3.96. The minimum absolute atomic E-state index is 0. The van der Waals surface area contributed by atoms with Crippen LogP contribution >= 0.6 is 12.4 Å². The molecule has 1 aromatic heterocycles. The van der Waals surface area contributed by atoms with E-state index in [1.165, 1.54) is 18.2 Å². The number of halogens is 3. The smallest absolute Gasteiger partial charge is 0.223 e. The molecule has 0 bridgehead atoms. The van der Waals surface area contributed by atoms with Crippen molar-refractivity contribution < 1.29 is 17.2 Å². The Morgan fingerprint density at radius 2 is 1.77 bits per heavy atom. The third kappa shape index (κ3) is 3.77. The van der Waals surface area contributed by atoms with E-state index >= 15 is 0 Å². The lowest BCUT2D eigenvalue weighted by Gasteiger charge is -2.09. The lowest BCUT2D eigenvalue weighted by Crippen LogP contribution is -2.11. The molecule has 0 radical (unpaired) electrons. The lowest BCUT2D eigenvalue weighted by molar-refractivity contribution is 0.566. The normalized spacial score (nSPS) is 11.2. The van der Waals surface area contributed by atoms with Gasteiger partial charge in [0, 0.05) is 18.7 Å². The van der Waals surface area contributed by atoms with Gasteiger partial charge in [-0.3, -0.25) is 0 Å². The molecule has 0 aliphatic heterocycles. The maximum absolute atomic E-state index is 14.2. The molecular weight excluding hydrogens is 384 g/mol. The van der Waals surface area contributed by atoms with Gasteiger partial charge in [0.05, 0.1) is 10.6 Å². The van der Waals surface area contributed by atoms with Crippen LogP contribution in [0.4, 0.5) is 8.78 Å². The van der Waals surface area contributed by atoms with E-state index in [9.17, 15) is 17.2 Å². The van der Waals surface area contributed by atoms with E-state index in [0.717, 1.165) is 22.9 Å². The molecule has 0 unspecified atom stereocenters. The maximum Gasteiger partial charge on any atom is 0.223 e. The predicted octanol–water partition coefficient (Wildman–Crippen LogP) is 3.12. The zero-order valence-electron chi connectivity index (χ0n) is 13.7. The quantitative estimate of drug-likeness (QED) is 0.716. The number of nitrogens with zero attached hydrogens (tertiary/aromatic N) is 2. The molecule has 3 aromatic rings. The lowest BCUT2D eigenvalue weighted by atomic mass is 10.3. The molecule has 5 nitrogen and oxygen atoms in total. The number of rotatable bonds is 5. The Hall–Kier alpha value is -2.29. The van der Waals surface area contributed by atoms with Crippen LogP contribution < -0.4 is 5.32 Å². The molecule has 0 saturated heterocycles. The Morgan fingerprint density at radius 1 is 1.08 bits per heavy atom. The van der Waals surface area contributed by atoms with Gasteiger partial charge in [-0.1, -0.05) is 18.2 Å². The first kappa shape index (κ1) is 20.0. The summed E-state index contributed by atoms with van der Waals surface area (Å²) in [6.07, 6.45) is 0. The fraction of sp³-hybridized carbons (Fsp3) is 0.118. The molecule has 3 rings (SSSR count). The summed E-state index contributed by atoms with van der Waals surface area (Å²) >= 11 is 0. The van der Waals surface area contributed by atoms with Gasteiger partial charge in [0.1, 0.15) is 17.3 Å². The summed E-state index contributed by atoms with van der Waals surface area (Å²) in [5, 5.41) is 6.76. The van der Waals surface area contributed by atoms with Gasteiger partial charge in [-0.25, -0.2) is 21.9 Å². The summed E-state index contributed by atoms with van der Waals surface area (Å²) in [6.45, 7) is 0.279. The summed E-state index contributed by atoms with van der Waals surface area (Å²) in [5.41, 5.74) is 0.123. The maximum atomic E-state index is 14.2. The second kappa shape index (κ2) is 7.94. The molecule has 0 aliphatic rings. The van der Waals surface area contributed by atoms with Gasteiger partial charge in [-0.2, -0.15) is 5.10 Å². The average molecular weight is 400 g/mol. The summed E-state index contributed by atoms with van der Waals surface area (Å²) in [7, 11) is -2.29. The molecule has 1 heterocycles. The van der Waals surface area contributed by atoms with Crippen LogP contribution in [0.5, 0.6) is 0 Å². The van der Waals surface area contributed by atoms with Crippen LogP contribution in [0.25, 0.3) is 5.69 Å². The van der Waals surface area contributed by atoms with Crippen LogP contribution in [-0.4, -0.2) is 25.2 Å². The molecule has 0 atom stereocenters. The second-order valence-corrected chi connectivity index (χ2v) is 7.22. The molecular formula is C17H16ClF2N3O2S. The van der Waals surface area contributed by atoms with Gasteiger partial charge in [0.15, 0.2) is 5.03 Å². The number of hydrogen-bond donors (Lipinski definition) is 1. The van der Waals surface area contributed by atoms with E-state index in [0.29, 0.717) is 5.69 Å². The first-order valence-electron chi connectivity index (χ1n) is 7.42. The molecule has 9 heteroatoms. The number of nitrogens with one attached hydrogen (secondary N) is 1. The van der Waals surface area contributed by atoms with Crippen LogP contribution in [0, 0.1) is 11.6 Å². The molecule has 2 aromatic carbocycles. The molecule has 26 heavy (non-hydrogen) atoms. The predicted molar refractivity (Wildman–Crippen MR) is 95.4 cm³/mol. The molecule has 0 aliphatic carbocycles. The van der Waals surface area contributed by atoms with E-state index in [1.54, 1.807) is 25.2 Å². The van der Waals surface area contributed by atoms with Gasteiger partial charge in [-0.15, -0.1) is 12.4 Å². The van der Waals surface area contributed by atoms with Gasteiger partial charge in [0.25, 0.3) is 0 Å². The van der Waals surface area contributed by atoms with E-state index in [4.69, 9.17) is 0 Å². The van der Waals surface area contributed by atoms with Gasteiger partial charge >= 0.3 is 0 Å². The van der Waals surface area contributed by atoms with E-state index in [2.05, 4.69) is 10.4 Å². The van der Waals surface area contributed by atoms with Crippen molar-refractivity contribution in [3.8, 4) is 5.69 Å². The van der Waals surface area contributed by atoms with Crippen LogP contribution in [0.1, 0.15) is 5.69 Å². The monoisotopic (exact) mass is 399 g/mol. The Labute approximate surface area is 156 Å². The molecule has 0 spiro atoms. The zero-order chi connectivity index (χ0) is 18.0. The minimum Gasteiger partial charge on any atom is -0.314 e. The first-order chi connectivity index (χ1) is 11.9. The fourth-order valence-corrected chi connectivity index (χ4v) is 3.83. The van der Waals surface area contributed by atoms with Crippen LogP contribution in [0.2, 0.25) is 0 Å². The highest BCUT2D eigenvalue weighted by Gasteiger charge is 2.26. The summed E-state index contributed by atoms with van der Waals surface area (Å²) in [6, 6.07) is 11.9. The van der Waals surface area contributed by atoms with Gasteiger partial charge < -0.3 is 5.32 Å². The summed E-state index contributed by atoms with van der Waals surface area (Å²) in [5.74, 6) is -1.46. The van der Waals surface area contributed by atoms with Crippen molar-refractivity contribution in [1.29, 1.82) is 0 Å². The first-order valence-corrected chi connectivity index (χ1v) is 8.91. The molecule has 1 N–H and O–H groups in total. The van der Waals surface area contributed by atoms with Crippen molar-refractivity contribution in [2.75, 3.05) is 7.05 Å². The highest BCUT2D eigenvalue weighted by molar-refractivity contribution is 7.91. The van der Waals surface area contributed by atoms with Gasteiger partial charge in [0.2, 0.25) is 9.84 Å². The molecule has 0 saturated carbocycles. The molecule has 138 valence electrons. The average Bonchev–Trinajstić information content (AvgIpc) is 3.03. The highest BCUT2D eigenvalue weighted by atomic mass is 35.5. The SMILES string of the molecule is CNCc1cc(S(=O)(=O)c2ccccc2)n(-c2cc(F)ccc2F)n1.Cl. The Kier molecular flexibility index (Phi) is 6.12. The van der Waals surface area contributed by atoms with Crippen molar-refractivity contribution in [1.82, 2.24) is 15.1 Å². The number of benzene rings is 2. The Morgan fingerprint density at radius 3 is 2.42 bits per heavy atom. The number of sulfone groups is 1. The molecule has 0 amide bonds. The fourth-order valence-electron chi connectivity index (χ4n) is 2.41. The van der Waals surface area contributed by atoms with Crippen molar-refractivity contribution in [2.24, 2.45) is 0 Å². The zero-order valence-corrected chi connectivity index (χ0v) is 15.3. The summed E-state index contributed by atoms with van der Waals surface area (Å²) in [4.78, 5) is 0.0453. The third-order valence-corrected chi connectivity index (χ3v) is 5.28. The van der Waals surface area contributed by atoms with E-state index < -0.39 is 21.5 Å². The largest absolute Gasteiger partial charge is 0.314 e. The number of hydrogen-bond acceptors (Lipinski definition) is 4. The number of aromatic nitrogens is 2. The third-order valence-electron chi connectivity index (χ3n) is 3.55. The Bertz CT molecular complexity index is 1010. The van der Waals surface area contributed by atoms with Crippen molar-refractivity contribution >= 4 is 22.2 Å². The highest BCUT2D eigenvalue weighted by Crippen LogP contribution is 2.26. The Balaban J connectivity index is 0.00000243. The van der Waals surface area contributed by atoms with Crippen LogP contribution in [0.15, 0.2) is 64.5 Å². The summed E-state index contributed by atoms with van der Waals surface area (Å²) < 4.78 is 54.6. The van der Waals surface area contributed by atoms with Crippen molar-refractivity contribution in [2.45, 2.75) is 16.5 Å². The standard InChI is InChI=1S/C17H15F2N3O2S.ClH/c1-20-11-13-10-17(25(23,24)14-5-3-2-4-6-14)22(21-13)16-9-12(18)7-8-15(16)19;/h2-10,20H,11H2,1H3;1H. The van der Waals surface area contributed by atoms with Crippen LogP contribution in [-0.2, 0) is 16.4 Å². The van der Waals surface area contributed by atoms with E-state index in [-0.39, 0.29) is 34.6 Å². The molecule has 0 fully saturated rings. The van der Waals surface area contributed by atoms with E-state index in [1.807, 2.05) is 0 Å². The topological polar surface area (TPSA) is 64.0 Å². The van der Waals surface area contributed by atoms with Crippen molar-refractivity contribution in [3.63, 3.8) is 0 Å². The van der Waals surface area contributed by atoms with Crippen LogP contribution in [0.3, 0.4) is 0 Å². The second-order valence-electron chi connectivity index (χ2n) is 5.33. The van der Waals surface area contributed by atoms with Gasteiger partial charge in [-0.05, 0) is 31.3 Å². The van der Waals surface area contributed by atoms with Crippen molar-refractivity contribution in [3.05, 3.63) is 71.9 Å².